The molecule has 5 nitrogen and oxygen atoms in total. The van der Waals surface area contributed by atoms with E-state index in [4.69, 9.17) is 21.1 Å². The highest BCUT2D eigenvalue weighted by Crippen LogP contribution is 2.37. The summed E-state index contributed by atoms with van der Waals surface area (Å²) in [7, 11) is 0. The average Bonchev–Trinajstić information content (AvgIpc) is 3.39. The number of carbonyl (C=O) groups excluding carboxylic acids is 2. The largest absolute Gasteiger partial charge is 0.423 e. The number of hydrogen-bond donors (Lipinski definition) is 0. The second-order valence-electron chi connectivity index (χ2n) is 7.42. The number of carbonyl (C=O) groups is 2. The van der Waals surface area contributed by atoms with Gasteiger partial charge in [0.05, 0.1) is 5.02 Å². The van der Waals surface area contributed by atoms with Crippen LogP contribution in [0.15, 0.2) is 94.0 Å². The van der Waals surface area contributed by atoms with Crippen molar-refractivity contribution in [3.8, 4) is 5.75 Å². The van der Waals surface area contributed by atoms with Crippen molar-refractivity contribution >= 4 is 78.9 Å². The minimum absolute atomic E-state index is 0.0729. The highest BCUT2D eigenvalue weighted by molar-refractivity contribution is 9.10. The quantitative estimate of drug-likeness (QED) is 0.145. The predicted octanol–water partition coefficient (Wildman–Crippen LogP) is 7.28. The van der Waals surface area contributed by atoms with E-state index in [2.05, 4.69) is 20.9 Å². The molecular weight excluding hydrogens is 550 g/mol. The Labute approximate surface area is 218 Å². The van der Waals surface area contributed by atoms with Gasteiger partial charge >= 0.3 is 11.9 Å². The van der Waals surface area contributed by atoms with Crippen LogP contribution in [0.25, 0.3) is 22.2 Å². The Morgan fingerprint density at radius 3 is 2.63 bits per heavy atom. The number of ether oxygens (including phenoxy) is 2. The van der Waals surface area contributed by atoms with Gasteiger partial charge in [-0.1, -0.05) is 76.1 Å². The van der Waals surface area contributed by atoms with Crippen molar-refractivity contribution in [2.45, 2.75) is 0 Å². The van der Waals surface area contributed by atoms with E-state index in [1.807, 2.05) is 54.6 Å². The molecule has 0 saturated carbocycles. The summed E-state index contributed by atoms with van der Waals surface area (Å²) in [6, 6.07) is 22.2. The molecular formula is C27H15BrClNO4S. The van der Waals surface area contributed by atoms with Crippen LogP contribution in [0.1, 0.15) is 16.0 Å². The number of thiophene rings is 1. The van der Waals surface area contributed by atoms with Crippen LogP contribution in [0.3, 0.4) is 0 Å². The van der Waals surface area contributed by atoms with E-state index >= 15 is 0 Å². The zero-order valence-electron chi connectivity index (χ0n) is 17.9. The second kappa shape index (κ2) is 10.00. The van der Waals surface area contributed by atoms with Gasteiger partial charge in [-0.3, -0.25) is 0 Å². The summed E-state index contributed by atoms with van der Waals surface area (Å²) in [4.78, 5) is 30.0. The number of benzene rings is 3. The van der Waals surface area contributed by atoms with Gasteiger partial charge in [0, 0.05) is 26.2 Å². The summed E-state index contributed by atoms with van der Waals surface area (Å²) < 4.78 is 12.7. The maximum absolute atomic E-state index is 12.6. The molecule has 5 rings (SSSR count). The van der Waals surface area contributed by atoms with Crippen molar-refractivity contribution in [2.75, 3.05) is 0 Å². The minimum Gasteiger partial charge on any atom is -0.423 e. The molecule has 0 unspecified atom stereocenters. The maximum Gasteiger partial charge on any atom is 0.363 e. The first-order valence-corrected chi connectivity index (χ1v) is 12.4. The first-order chi connectivity index (χ1) is 17.0. The molecule has 1 aliphatic heterocycles. The topological polar surface area (TPSA) is 65.0 Å². The molecule has 0 saturated heterocycles. The van der Waals surface area contributed by atoms with Crippen molar-refractivity contribution in [2.24, 2.45) is 4.99 Å². The maximum atomic E-state index is 12.6. The fourth-order valence-corrected chi connectivity index (χ4v) is 5.22. The van der Waals surface area contributed by atoms with Gasteiger partial charge in [0.15, 0.2) is 5.70 Å². The highest BCUT2D eigenvalue weighted by Gasteiger charge is 2.28. The van der Waals surface area contributed by atoms with Crippen molar-refractivity contribution in [1.82, 2.24) is 0 Å². The molecule has 0 aliphatic carbocycles. The van der Waals surface area contributed by atoms with Crippen molar-refractivity contribution in [3.05, 3.63) is 110 Å². The molecule has 0 radical (unpaired) electrons. The van der Waals surface area contributed by atoms with E-state index in [0.717, 1.165) is 20.1 Å². The Balaban J connectivity index is 1.43. The zero-order valence-corrected chi connectivity index (χ0v) is 21.1. The third-order valence-electron chi connectivity index (χ3n) is 5.04. The number of aliphatic imine (C=N–C) groups is 1. The van der Waals surface area contributed by atoms with Crippen molar-refractivity contribution < 1.29 is 19.1 Å². The lowest BCUT2D eigenvalue weighted by atomic mass is 10.1. The molecule has 0 atom stereocenters. The Hall–Kier alpha value is -3.52. The lowest BCUT2D eigenvalue weighted by Gasteiger charge is -2.06. The number of rotatable bonds is 5. The first-order valence-electron chi connectivity index (χ1n) is 10.4. The third-order valence-corrected chi connectivity index (χ3v) is 7.19. The average molecular weight is 565 g/mol. The first kappa shape index (κ1) is 23.2. The molecule has 1 aliphatic rings. The standard InChI is InChI=1S/C27H15BrClNO4S/c28-18-11-12-21(33-23(31)13-10-16-6-2-1-3-7-16)17(14-18)15-20-27(32)34-26(30-20)25-24(29)19-8-4-5-9-22(19)35-25/h1-15H/b13-10+,20-15+. The van der Waals surface area contributed by atoms with Crippen molar-refractivity contribution in [1.29, 1.82) is 0 Å². The Morgan fingerprint density at radius 1 is 1.06 bits per heavy atom. The molecule has 3 aromatic carbocycles. The van der Waals surface area contributed by atoms with Crippen LogP contribution < -0.4 is 4.74 Å². The number of hydrogen-bond acceptors (Lipinski definition) is 6. The van der Waals surface area contributed by atoms with E-state index < -0.39 is 11.9 Å². The monoisotopic (exact) mass is 563 g/mol. The minimum atomic E-state index is -0.616. The number of halogens is 2. The Kier molecular flexibility index (Phi) is 6.63. The van der Waals surface area contributed by atoms with E-state index in [9.17, 15) is 9.59 Å². The van der Waals surface area contributed by atoms with Gasteiger partial charge in [-0.25, -0.2) is 14.6 Å². The van der Waals surface area contributed by atoms with Crippen LogP contribution >= 0.6 is 38.9 Å². The van der Waals surface area contributed by atoms with Crippen LogP contribution in [-0.4, -0.2) is 17.8 Å². The molecule has 2 heterocycles. The van der Waals surface area contributed by atoms with Gasteiger partial charge in [-0.2, -0.15) is 0 Å². The normalized spacial score (nSPS) is 14.5. The fourth-order valence-electron chi connectivity index (χ4n) is 3.40. The molecule has 0 bridgehead atoms. The predicted molar refractivity (Wildman–Crippen MR) is 143 cm³/mol. The van der Waals surface area contributed by atoms with E-state index in [1.54, 1.807) is 24.3 Å². The molecule has 0 N–H and O–H groups in total. The summed E-state index contributed by atoms with van der Waals surface area (Å²) in [5, 5.41) is 1.36. The van der Waals surface area contributed by atoms with Crippen LogP contribution in [0.4, 0.5) is 0 Å². The van der Waals surface area contributed by atoms with E-state index in [1.165, 1.54) is 23.5 Å². The fraction of sp³-hybridized carbons (Fsp3) is 0. The molecule has 172 valence electrons. The molecule has 0 amide bonds. The smallest absolute Gasteiger partial charge is 0.363 e. The Morgan fingerprint density at radius 2 is 1.83 bits per heavy atom. The SMILES string of the molecule is O=C(/C=C/c1ccccc1)Oc1ccc(Br)cc1/C=C1/N=C(c2sc3ccccc3c2Cl)OC1=O. The molecule has 35 heavy (non-hydrogen) atoms. The molecule has 8 heteroatoms. The number of nitrogens with zero attached hydrogens (tertiary/aromatic N) is 1. The van der Waals surface area contributed by atoms with Gasteiger partial charge in [-0.15, -0.1) is 11.3 Å². The third kappa shape index (κ3) is 5.12. The van der Waals surface area contributed by atoms with Gasteiger partial charge in [-0.05, 0) is 42.0 Å². The zero-order chi connectivity index (χ0) is 24.4. The summed E-state index contributed by atoms with van der Waals surface area (Å²) in [6.07, 6.45) is 4.53. The van der Waals surface area contributed by atoms with Gasteiger partial charge in [0.2, 0.25) is 5.90 Å². The molecule has 1 aromatic heterocycles. The van der Waals surface area contributed by atoms with E-state index in [0.29, 0.717) is 15.5 Å². The number of fused-ring (bicyclic) bond motifs is 1. The van der Waals surface area contributed by atoms with E-state index in [-0.39, 0.29) is 17.3 Å². The summed E-state index contributed by atoms with van der Waals surface area (Å²) in [6.45, 7) is 0. The molecule has 0 fully saturated rings. The van der Waals surface area contributed by atoms with Crippen LogP contribution in [0.2, 0.25) is 5.02 Å². The number of cyclic esters (lactones) is 1. The number of esters is 2. The highest BCUT2D eigenvalue weighted by atomic mass is 79.9. The molecule has 4 aromatic rings. The Bertz CT molecular complexity index is 1560. The van der Waals surface area contributed by atoms with Gasteiger partial charge < -0.3 is 9.47 Å². The van der Waals surface area contributed by atoms with Crippen LogP contribution in [0.5, 0.6) is 5.75 Å². The second-order valence-corrected chi connectivity index (χ2v) is 9.77. The van der Waals surface area contributed by atoms with Crippen molar-refractivity contribution in [3.63, 3.8) is 0 Å². The van der Waals surface area contributed by atoms with Gasteiger partial charge in [0.25, 0.3) is 0 Å². The lowest BCUT2D eigenvalue weighted by molar-refractivity contribution is -0.130. The summed E-state index contributed by atoms with van der Waals surface area (Å²) >= 11 is 11.3. The lowest BCUT2D eigenvalue weighted by Crippen LogP contribution is -2.06. The van der Waals surface area contributed by atoms with Crippen LogP contribution in [-0.2, 0) is 14.3 Å². The summed E-state index contributed by atoms with van der Waals surface area (Å²) in [5.41, 5.74) is 1.43. The molecule has 0 spiro atoms. The van der Waals surface area contributed by atoms with Crippen LogP contribution in [0, 0.1) is 0 Å². The van der Waals surface area contributed by atoms with Gasteiger partial charge in [0.1, 0.15) is 10.6 Å². The summed E-state index contributed by atoms with van der Waals surface area (Å²) in [5.74, 6) is -0.743.